The summed E-state index contributed by atoms with van der Waals surface area (Å²) >= 11 is 0. The van der Waals surface area contributed by atoms with Crippen molar-refractivity contribution in [3.63, 3.8) is 0 Å². The van der Waals surface area contributed by atoms with Crippen molar-refractivity contribution < 1.29 is 9.66 Å². The van der Waals surface area contributed by atoms with Crippen molar-refractivity contribution in [3.8, 4) is 0 Å². The maximum atomic E-state index is 11.1. The molecular formula is C11H19N5O3. The second kappa shape index (κ2) is 5.98. The SMILES string of the molecule is CCc1nn(C)c(NCC2COCCN2)c1[N+](=O)[O-]. The summed E-state index contributed by atoms with van der Waals surface area (Å²) in [7, 11) is 1.71. The Balaban J connectivity index is 2.10. The van der Waals surface area contributed by atoms with Gasteiger partial charge in [-0.3, -0.25) is 10.1 Å². The van der Waals surface area contributed by atoms with Crippen molar-refractivity contribution in [2.75, 3.05) is 31.6 Å². The molecule has 1 atom stereocenters. The molecule has 1 saturated heterocycles. The van der Waals surface area contributed by atoms with E-state index in [0.29, 0.717) is 37.7 Å². The normalized spacial score (nSPS) is 19.4. The van der Waals surface area contributed by atoms with Crippen LogP contribution in [0.2, 0.25) is 0 Å². The lowest BCUT2D eigenvalue weighted by Gasteiger charge is -2.24. The summed E-state index contributed by atoms with van der Waals surface area (Å²) in [4.78, 5) is 10.8. The highest BCUT2D eigenvalue weighted by Gasteiger charge is 2.26. The fourth-order valence-corrected chi connectivity index (χ4v) is 2.17. The topological polar surface area (TPSA) is 94.2 Å². The Kier molecular flexibility index (Phi) is 4.33. The Morgan fingerprint density at radius 3 is 3.05 bits per heavy atom. The molecule has 1 aromatic heterocycles. The molecule has 0 aromatic carbocycles. The van der Waals surface area contributed by atoms with Gasteiger partial charge < -0.3 is 15.4 Å². The number of hydrogen-bond acceptors (Lipinski definition) is 6. The van der Waals surface area contributed by atoms with Gasteiger partial charge in [0.05, 0.1) is 18.1 Å². The van der Waals surface area contributed by atoms with Crippen LogP contribution in [0.5, 0.6) is 0 Å². The molecule has 8 nitrogen and oxygen atoms in total. The van der Waals surface area contributed by atoms with Crippen LogP contribution < -0.4 is 10.6 Å². The number of nitro groups is 1. The molecule has 1 aliphatic heterocycles. The molecule has 1 fully saturated rings. The van der Waals surface area contributed by atoms with Crippen LogP contribution in [0.3, 0.4) is 0 Å². The average Bonchev–Trinajstić information content (AvgIpc) is 2.74. The minimum Gasteiger partial charge on any atom is -0.378 e. The maximum Gasteiger partial charge on any atom is 0.333 e. The van der Waals surface area contributed by atoms with Crippen LogP contribution in [-0.2, 0) is 18.2 Å². The molecule has 19 heavy (non-hydrogen) atoms. The Hall–Kier alpha value is -1.67. The zero-order valence-corrected chi connectivity index (χ0v) is 11.2. The van der Waals surface area contributed by atoms with E-state index in [4.69, 9.17) is 4.74 Å². The van der Waals surface area contributed by atoms with Gasteiger partial charge in [-0.15, -0.1) is 0 Å². The fourth-order valence-electron chi connectivity index (χ4n) is 2.17. The van der Waals surface area contributed by atoms with E-state index in [-0.39, 0.29) is 16.7 Å². The number of hydrogen-bond donors (Lipinski definition) is 2. The van der Waals surface area contributed by atoms with Crippen LogP contribution in [0.15, 0.2) is 0 Å². The summed E-state index contributed by atoms with van der Waals surface area (Å²) in [5, 5.41) is 21.7. The van der Waals surface area contributed by atoms with E-state index >= 15 is 0 Å². The summed E-state index contributed by atoms with van der Waals surface area (Å²) < 4.78 is 6.87. The molecule has 106 valence electrons. The molecular weight excluding hydrogens is 250 g/mol. The summed E-state index contributed by atoms with van der Waals surface area (Å²) in [6.07, 6.45) is 0.538. The highest BCUT2D eigenvalue weighted by Crippen LogP contribution is 2.28. The Morgan fingerprint density at radius 1 is 1.68 bits per heavy atom. The Morgan fingerprint density at radius 2 is 2.47 bits per heavy atom. The van der Waals surface area contributed by atoms with Gasteiger partial charge in [-0.25, -0.2) is 4.68 Å². The van der Waals surface area contributed by atoms with E-state index in [1.807, 2.05) is 6.92 Å². The monoisotopic (exact) mass is 269 g/mol. The van der Waals surface area contributed by atoms with Crippen molar-refractivity contribution in [1.82, 2.24) is 15.1 Å². The van der Waals surface area contributed by atoms with Gasteiger partial charge >= 0.3 is 5.69 Å². The molecule has 1 aromatic rings. The number of ether oxygens (including phenoxy) is 1. The molecule has 8 heteroatoms. The maximum absolute atomic E-state index is 11.1. The lowest BCUT2D eigenvalue weighted by Crippen LogP contribution is -2.45. The number of nitrogens with zero attached hydrogens (tertiary/aromatic N) is 3. The van der Waals surface area contributed by atoms with Crippen molar-refractivity contribution in [2.45, 2.75) is 19.4 Å². The largest absolute Gasteiger partial charge is 0.378 e. The van der Waals surface area contributed by atoms with Gasteiger partial charge in [0.1, 0.15) is 5.69 Å². The molecule has 1 unspecified atom stereocenters. The van der Waals surface area contributed by atoms with Crippen LogP contribution in [0.1, 0.15) is 12.6 Å². The lowest BCUT2D eigenvalue weighted by atomic mass is 10.2. The van der Waals surface area contributed by atoms with Gasteiger partial charge in [0.15, 0.2) is 0 Å². The zero-order valence-electron chi connectivity index (χ0n) is 11.2. The molecule has 0 bridgehead atoms. The number of morpholine rings is 1. The number of anilines is 1. The quantitative estimate of drug-likeness (QED) is 0.589. The number of nitrogens with one attached hydrogen (secondary N) is 2. The minimum atomic E-state index is -0.376. The third-order valence-electron chi connectivity index (χ3n) is 3.12. The van der Waals surface area contributed by atoms with Gasteiger partial charge in [0.25, 0.3) is 0 Å². The lowest BCUT2D eigenvalue weighted by molar-refractivity contribution is -0.384. The van der Waals surface area contributed by atoms with E-state index in [0.717, 1.165) is 6.54 Å². The number of aryl methyl sites for hydroxylation is 2. The zero-order chi connectivity index (χ0) is 13.8. The van der Waals surface area contributed by atoms with Gasteiger partial charge in [-0.1, -0.05) is 6.92 Å². The van der Waals surface area contributed by atoms with Crippen molar-refractivity contribution in [1.29, 1.82) is 0 Å². The van der Waals surface area contributed by atoms with Gasteiger partial charge in [0, 0.05) is 26.2 Å². The summed E-state index contributed by atoms with van der Waals surface area (Å²) in [6, 6.07) is 0.160. The number of aromatic nitrogens is 2. The van der Waals surface area contributed by atoms with E-state index in [1.54, 1.807) is 7.05 Å². The molecule has 2 rings (SSSR count). The predicted molar refractivity (Wildman–Crippen MR) is 70.3 cm³/mol. The summed E-state index contributed by atoms with van der Waals surface area (Å²) in [5.74, 6) is 0.453. The first-order valence-corrected chi connectivity index (χ1v) is 6.38. The van der Waals surface area contributed by atoms with Crippen LogP contribution in [0, 0.1) is 10.1 Å². The van der Waals surface area contributed by atoms with Crippen molar-refractivity contribution >= 4 is 11.5 Å². The molecule has 1 aliphatic rings. The second-order valence-corrected chi connectivity index (χ2v) is 4.49. The van der Waals surface area contributed by atoms with Crippen molar-refractivity contribution in [2.24, 2.45) is 7.05 Å². The van der Waals surface area contributed by atoms with Crippen molar-refractivity contribution in [3.05, 3.63) is 15.8 Å². The van der Waals surface area contributed by atoms with Gasteiger partial charge in [0.2, 0.25) is 5.82 Å². The minimum absolute atomic E-state index is 0.0710. The Bertz CT molecular complexity index is 453. The van der Waals surface area contributed by atoms with Gasteiger partial charge in [-0.05, 0) is 6.42 Å². The van der Waals surface area contributed by atoms with Crippen LogP contribution in [-0.4, -0.2) is 47.0 Å². The van der Waals surface area contributed by atoms with E-state index in [2.05, 4.69) is 15.7 Å². The molecule has 2 N–H and O–H groups in total. The average molecular weight is 269 g/mol. The third-order valence-corrected chi connectivity index (χ3v) is 3.12. The summed E-state index contributed by atoms with van der Waals surface area (Å²) in [6.45, 7) is 4.56. The first-order chi connectivity index (χ1) is 9.13. The standard InChI is InChI=1S/C11H19N5O3/c1-3-9-10(16(17)18)11(15(2)14-9)13-6-8-7-19-5-4-12-8/h8,12-13H,3-7H2,1-2H3. The second-order valence-electron chi connectivity index (χ2n) is 4.49. The first kappa shape index (κ1) is 13.8. The summed E-state index contributed by atoms with van der Waals surface area (Å²) in [5.41, 5.74) is 0.574. The van der Waals surface area contributed by atoms with E-state index in [1.165, 1.54) is 4.68 Å². The van der Waals surface area contributed by atoms with Gasteiger partial charge in [-0.2, -0.15) is 5.10 Å². The molecule has 0 spiro atoms. The van der Waals surface area contributed by atoms with E-state index in [9.17, 15) is 10.1 Å². The van der Waals surface area contributed by atoms with Crippen LogP contribution in [0.25, 0.3) is 0 Å². The predicted octanol–water partition coefficient (Wildman–Crippen LogP) is 0.291. The number of rotatable bonds is 5. The van der Waals surface area contributed by atoms with E-state index < -0.39 is 0 Å². The molecule has 0 saturated carbocycles. The smallest absolute Gasteiger partial charge is 0.333 e. The fraction of sp³-hybridized carbons (Fsp3) is 0.727. The molecule has 0 radical (unpaired) electrons. The molecule has 0 amide bonds. The highest BCUT2D eigenvalue weighted by molar-refractivity contribution is 5.59. The molecule has 0 aliphatic carbocycles. The third kappa shape index (κ3) is 3.02. The molecule has 2 heterocycles. The van der Waals surface area contributed by atoms with Crippen LogP contribution in [0.4, 0.5) is 11.5 Å². The highest BCUT2D eigenvalue weighted by atomic mass is 16.6. The first-order valence-electron chi connectivity index (χ1n) is 6.38. The Labute approximate surface area is 111 Å². The van der Waals surface area contributed by atoms with Crippen LogP contribution >= 0.6 is 0 Å².